The lowest BCUT2D eigenvalue weighted by Crippen LogP contribution is -2.32. The zero-order valence-corrected chi connectivity index (χ0v) is 14.1. The van der Waals surface area contributed by atoms with E-state index in [9.17, 15) is 18.0 Å². The highest BCUT2D eigenvalue weighted by molar-refractivity contribution is 5.78. The number of nitrogens with one attached hydrogen (secondary N) is 1. The van der Waals surface area contributed by atoms with Crippen LogP contribution in [0, 0.1) is 0 Å². The lowest BCUT2D eigenvalue weighted by Gasteiger charge is -2.26. The molecule has 0 aliphatic carbocycles. The number of carbonyl (C=O) groups is 1. The number of hydrogen-bond donors (Lipinski definition) is 1. The topological polar surface area (TPSA) is 41.6 Å². The molecule has 0 aromatic heterocycles. The summed E-state index contributed by atoms with van der Waals surface area (Å²) in [6.07, 6.45) is -0.875. The lowest BCUT2D eigenvalue weighted by molar-refractivity contribution is -0.137. The van der Waals surface area contributed by atoms with Crippen LogP contribution >= 0.6 is 0 Å². The van der Waals surface area contributed by atoms with Crippen molar-refractivity contribution in [2.45, 2.75) is 37.8 Å². The molecule has 0 radical (unpaired) electrons. The molecular weight excluding hydrogens is 333 g/mol. The molecule has 1 aromatic carbocycles. The van der Waals surface area contributed by atoms with Gasteiger partial charge in [-0.05, 0) is 68.5 Å². The maximum Gasteiger partial charge on any atom is 0.416 e. The van der Waals surface area contributed by atoms with Gasteiger partial charge in [-0.3, -0.25) is 4.79 Å². The van der Waals surface area contributed by atoms with E-state index in [0.29, 0.717) is 11.3 Å². The van der Waals surface area contributed by atoms with Gasteiger partial charge in [0.1, 0.15) is 5.75 Å². The number of ether oxygens (including phenoxy) is 1. The highest BCUT2D eigenvalue weighted by Crippen LogP contribution is 2.38. The molecule has 1 N–H and O–H groups in total. The molecular formula is C18H23F3N2O2. The summed E-state index contributed by atoms with van der Waals surface area (Å²) in [7, 11) is 0. The number of rotatable bonds is 4. The van der Waals surface area contributed by atoms with Crippen LogP contribution in [0.5, 0.6) is 5.75 Å². The fraction of sp³-hybridized carbons (Fsp3) is 0.611. The second-order valence-corrected chi connectivity index (χ2v) is 6.65. The largest absolute Gasteiger partial charge is 0.483 e. The summed E-state index contributed by atoms with van der Waals surface area (Å²) in [6.45, 7) is 2.89. The normalized spacial score (nSPS) is 19.2. The first-order chi connectivity index (χ1) is 11.9. The Balaban J connectivity index is 1.77. The van der Waals surface area contributed by atoms with Crippen molar-refractivity contribution in [2.24, 2.45) is 0 Å². The third-order valence-corrected chi connectivity index (χ3v) is 4.93. The van der Waals surface area contributed by atoms with Crippen LogP contribution in [0.4, 0.5) is 13.2 Å². The Bertz CT molecular complexity index is 607. The number of carbonyl (C=O) groups excluding carboxylic acids is 1. The minimum Gasteiger partial charge on any atom is -0.483 e. The quantitative estimate of drug-likeness (QED) is 0.901. The summed E-state index contributed by atoms with van der Waals surface area (Å²) in [4.78, 5) is 13.9. The first-order valence-electron chi connectivity index (χ1n) is 8.77. The highest BCUT2D eigenvalue weighted by Gasteiger charge is 2.32. The van der Waals surface area contributed by atoms with Crippen molar-refractivity contribution in [3.8, 4) is 5.75 Å². The fourth-order valence-electron chi connectivity index (χ4n) is 3.51. The Hall–Kier alpha value is -1.76. The Morgan fingerprint density at radius 2 is 1.88 bits per heavy atom. The molecule has 0 spiro atoms. The van der Waals surface area contributed by atoms with Crippen molar-refractivity contribution in [3.05, 3.63) is 29.3 Å². The summed E-state index contributed by atoms with van der Waals surface area (Å²) in [6, 6.07) is 3.57. The van der Waals surface area contributed by atoms with Gasteiger partial charge in [0, 0.05) is 13.1 Å². The predicted molar refractivity (Wildman–Crippen MR) is 87.6 cm³/mol. The molecule has 2 saturated heterocycles. The van der Waals surface area contributed by atoms with Crippen LogP contribution in [-0.4, -0.2) is 43.6 Å². The fourth-order valence-corrected chi connectivity index (χ4v) is 3.51. The van der Waals surface area contributed by atoms with E-state index in [1.807, 2.05) is 0 Å². The Kier molecular flexibility index (Phi) is 5.51. The van der Waals surface area contributed by atoms with Crippen molar-refractivity contribution >= 4 is 5.91 Å². The summed E-state index contributed by atoms with van der Waals surface area (Å²) in [5, 5.41) is 3.21. The Labute approximate surface area is 145 Å². The van der Waals surface area contributed by atoms with Gasteiger partial charge in [0.05, 0.1) is 5.56 Å². The molecule has 1 amide bonds. The van der Waals surface area contributed by atoms with E-state index in [0.717, 1.165) is 57.9 Å². The van der Waals surface area contributed by atoms with E-state index in [1.54, 1.807) is 4.90 Å². The zero-order chi connectivity index (χ0) is 17.9. The number of amides is 1. The van der Waals surface area contributed by atoms with Gasteiger partial charge in [0.25, 0.3) is 5.91 Å². The Morgan fingerprint density at radius 3 is 2.52 bits per heavy atom. The predicted octanol–water partition coefficient (Wildman–Crippen LogP) is 3.17. The first kappa shape index (κ1) is 18.0. The number of benzene rings is 1. The van der Waals surface area contributed by atoms with Gasteiger partial charge < -0.3 is 15.0 Å². The smallest absolute Gasteiger partial charge is 0.416 e. The van der Waals surface area contributed by atoms with Gasteiger partial charge in [-0.1, -0.05) is 0 Å². The van der Waals surface area contributed by atoms with Crippen molar-refractivity contribution < 1.29 is 22.7 Å². The number of nitrogens with zero attached hydrogens (tertiary/aromatic N) is 1. The standard InChI is InChI=1S/C18H23F3N2O2/c19-18(20,21)14-3-4-16(15(11-14)13-5-7-22-8-6-13)25-12-17(24)23-9-1-2-10-23/h3-4,11,13,22H,1-2,5-10,12H2. The molecule has 1 aromatic rings. The molecule has 0 bridgehead atoms. The summed E-state index contributed by atoms with van der Waals surface area (Å²) in [5.41, 5.74) is -0.107. The van der Waals surface area contributed by atoms with Crippen LogP contribution in [0.1, 0.15) is 42.7 Å². The molecule has 0 saturated carbocycles. The van der Waals surface area contributed by atoms with E-state index in [2.05, 4.69) is 5.32 Å². The van der Waals surface area contributed by atoms with E-state index < -0.39 is 11.7 Å². The van der Waals surface area contributed by atoms with Crippen LogP contribution in [0.25, 0.3) is 0 Å². The second kappa shape index (κ2) is 7.64. The van der Waals surface area contributed by atoms with Gasteiger partial charge in [-0.25, -0.2) is 0 Å². The molecule has 2 aliphatic rings. The minimum absolute atomic E-state index is 0.0143. The van der Waals surface area contributed by atoms with E-state index in [-0.39, 0.29) is 18.4 Å². The average Bonchev–Trinajstić information content (AvgIpc) is 3.14. The maximum absolute atomic E-state index is 13.1. The molecule has 2 aliphatic heterocycles. The Morgan fingerprint density at radius 1 is 1.20 bits per heavy atom. The first-order valence-corrected chi connectivity index (χ1v) is 8.77. The zero-order valence-electron chi connectivity index (χ0n) is 14.1. The molecule has 3 rings (SSSR count). The maximum atomic E-state index is 13.1. The van der Waals surface area contributed by atoms with Gasteiger partial charge >= 0.3 is 6.18 Å². The molecule has 7 heteroatoms. The number of likely N-dealkylation sites (tertiary alicyclic amines) is 1. The van der Waals surface area contributed by atoms with Crippen LogP contribution in [0.3, 0.4) is 0 Å². The number of piperidine rings is 1. The number of halogens is 3. The van der Waals surface area contributed by atoms with Crippen molar-refractivity contribution in [1.29, 1.82) is 0 Å². The molecule has 2 heterocycles. The van der Waals surface area contributed by atoms with Gasteiger partial charge in [-0.15, -0.1) is 0 Å². The van der Waals surface area contributed by atoms with Crippen LogP contribution < -0.4 is 10.1 Å². The molecule has 2 fully saturated rings. The monoisotopic (exact) mass is 356 g/mol. The molecule has 25 heavy (non-hydrogen) atoms. The molecule has 4 nitrogen and oxygen atoms in total. The lowest BCUT2D eigenvalue weighted by atomic mass is 9.88. The third-order valence-electron chi connectivity index (χ3n) is 4.93. The summed E-state index contributed by atoms with van der Waals surface area (Å²) < 4.78 is 44.9. The minimum atomic E-state index is -4.38. The SMILES string of the molecule is O=C(COc1ccc(C(F)(F)F)cc1C1CCNCC1)N1CCCC1. The number of hydrogen-bond acceptors (Lipinski definition) is 3. The van der Waals surface area contributed by atoms with Crippen molar-refractivity contribution in [3.63, 3.8) is 0 Å². The highest BCUT2D eigenvalue weighted by atomic mass is 19.4. The van der Waals surface area contributed by atoms with Gasteiger partial charge in [0.15, 0.2) is 6.61 Å². The third kappa shape index (κ3) is 4.45. The average molecular weight is 356 g/mol. The van der Waals surface area contributed by atoms with Crippen molar-refractivity contribution in [1.82, 2.24) is 10.2 Å². The molecule has 0 unspecified atom stereocenters. The van der Waals surface area contributed by atoms with E-state index >= 15 is 0 Å². The second-order valence-electron chi connectivity index (χ2n) is 6.65. The van der Waals surface area contributed by atoms with Crippen LogP contribution in [-0.2, 0) is 11.0 Å². The summed E-state index contributed by atoms with van der Waals surface area (Å²) >= 11 is 0. The van der Waals surface area contributed by atoms with Crippen LogP contribution in [0.2, 0.25) is 0 Å². The number of alkyl halides is 3. The molecule has 138 valence electrons. The van der Waals surface area contributed by atoms with Gasteiger partial charge in [-0.2, -0.15) is 13.2 Å². The van der Waals surface area contributed by atoms with Crippen molar-refractivity contribution in [2.75, 3.05) is 32.8 Å². The summed E-state index contributed by atoms with van der Waals surface area (Å²) in [5.74, 6) is 0.307. The van der Waals surface area contributed by atoms with E-state index in [1.165, 1.54) is 12.1 Å². The van der Waals surface area contributed by atoms with Gasteiger partial charge in [0.2, 0.25) is 0 Å². The van der Waals surface area contributed by atoms with E-state index in [4.69, 9.17) is 4.74 Å². The van der Waals surface area contributed by atoms with Crippen LogP contribution in [0.15, 0.2) is 18.2 Å². The molecule has 0 atom stereocenters.